The van der Waals surface area contributed by atoms with Gasteiger partial charge in [0.05, 0.1) is 17.0 Å². The van der Waals surface area contributed by atoms with Crippen molar-refractivity contribution in [2.45, 2.75) is 19.5 Å². The Hall–Kier alpha value is -2.32. The lowest BCUT2D eigenvalue weighted by Gasteiger charge is -2.27. The quantitative estimate of drug-likeness (QED) is 0.308. The fourth-order valence-corrected chi connectivity index (χ4v) is 5.43. The first kappa shape index (κ1) is 22.5. The Labute approximate surface area is 213 Å². The van der Waals surface area contributed by atoms with Gasteiger partial charge in [-0.1, -0.05) is 49.5 Å². The molecule has 3 heterocycles. The Morgan fingerprint density at radius 1 is 1.00 bits per heavy atom. The topological polar surface area (TPSA) is 61.9 Å². The third-order valence-corrected chi connectivity index (χ3v) is 6.82. The van der Waals surface area contributed by atoms with Gasteiger partial charge in [-0.25, -0.2) is 4.98 Å². The number of fused-ring (bicyclic) bond motifs is 1. The van der Waals surface area contributed by atoms with Gasteiger partial charge in [0.1, 0.15) is 5.82 Å². The normalized spacial score (nSPS) is 13.7. The van der Waals surface area contributed by atoms with Gasteiger partial charge in [-0.3, -0.25) is 14.7 Å². The van der Waals surface area contributed by atoms with Crippen molar-refractivity contribution < 1.29 is 0 Å². The molecule has 0 radical (unpaired) electrons. The van der Waals surface area contributed by atoms with Gasteiger partial charge in [-0.15, -0.1) is 0 Å². The highest BCUT2D eigenvalue weighted by atomic mass is 79.9. The number of H-pyrrole nitrogens is 1. The van der Waals surface area contributed by atoms with Crippen molar-refractivity contribution in [1.82, 2.24) is 19.9 Å². The largest absolute Gasteiger partial charge is 0.306 e. The third-order valence-electron chi connectivity index (χ3n) is 5.65. The van der Waals surface area contributed by atoms with Gasteiger partial charge in [-0.05, 0) is 54.1 Å². The number of hydrogen-bond acceptors (Lipinski definition) is 4. The molecule has 1 aliphatic heterocycles. The van der Waals surface area contributed by atoms with Crippen LogP contribution in [0, 0.1) is 0 Å². The van der Waals surface area contributed by atoms with Crippen LogP contribution in [0.15, 0.2) is 74.5 Å². The zero-order valence-corrected chi connectivity index (χ0v) is 21.4. The van der Waals surface area contributed by atoms with Crippen molar-refractivity contribution in [3.8, 4) is 22.6 Å². The van der Waals surface area contributed by atoms with E-state index in [0.29, 0.717) is 17.4 Å². The summed E-state index contributed by atoms with van der Waals surface area (Å²) in [6.45, 7) is 2.13. The Bertz CT molecular complexity index is 1350. The van der Waals surface area contributed by atoms with Crippen LogP contribution in [-0.2, 0) is 19.5 Å². The van der Waals surface area contributed by atoms with E-state index in [1.54, 1.807) is 12.1 Å². The van der Waals surface area contributed by atoms with Gasteiger partial charge in [-0.2, -0.15) is 0 Å². The molecule has 0 bridgehead atoms. The lowest BCUT2D eigenvalue weighted by atomic mass is 10.1. The average molecular weight is 587 g/mol. The van der Waals surface area contributed by atoms with E-state index in [2.05, 4.69) is 52.8 Å². The molecule has 0 saturated heterocycles. The summed E-state index contributed by atoms with van der Waals surface area (Å²) in [5, 5.41) is 0.654. The molecule has 166 valence electrons. The van der Waals surface area contributed by atoms with Gasteiger partial charge >= 0.3 is 0 Å². The average Bonchev–Trinajstić information content (AvgIpc) is 2.80. The molecule has 5 nitrogen and oxygen atoms in total. The summed E-state index contributed by atoms with van der Waals surface area (Å²) in [5.41, 5.74) is 5.45. The Balaban J connectivity index is 1.31. The number of rotatable bonds is 4. The SMILES string of the molecule is O=c1[nH]c(-c2ccc(Cl)cc2)nc2c1CN(Cc1ccc(-c3cc(Br)cc(Br)c3)nc1)CC2. The fourth-order valence-electron chi connectivity index (χ4n) is 4.01. The Kier molecular flexibility index (Phi) is 6.47. The first-order valence-corrected chi connectivity index (χ1v) is 12.4. The molecule has 0 saturated carbocycles. The van der Waals surface area contributed by atoms with Crippen LogP contribution in [-0.4, -0.2) is 26.4 Å². The van der Waals surface area contributed by atoms with Crippen LogP contribution < -0.4 is 5.56 Å². The van der Waals surface area contributed by atoms with Crippen LogP contribution >= 0.6 is 43.5 Å². The molecule has 5 rings (SSSR count). The van der Waals surface area contributed by atoms with E-state index in [4.69, 9.17) is 16.6 Å². The summed E-state index contributed by atoms with van der Waals surface area (Å²) in [5.74, 6) is 0.586. The minimum absolute atomic E-state index is 0.0802. The predicted molar refractivity (Wildman–Crippen MR) is 138 cm³/mol. The van der Waals surface area contributed by atoms with Crippen molar-refractivity contribution in [3.05, 3.63) is 102 Å². The molecule has 8 heteroatoms. The van der Waals surface area contributed by atoms with Gasteiger partial charge < -0.3 is 4.98 Å². The predicted octanol–water partition coefficient (Wildman–Crippen LogP) is 6.24. The number of aromatic amines is 1. The van der Waals surface area contributed by atoms with E-state index in [1.165, 1.54) is 0 Å². The highest BCUT2D eigenvalue weighted by Gasteiger charge is 2.21. The summed E-state index contributed by atoms with van der Waals surface area (Å²) in [6, 6.07) is 17.6. The van der Waals surface area contributed by atoms with Crippen LogP contribution in [0.1, 0.15) is 16.8 Å². The molecule has 33 heavy (non-hydrogen) atoms. The van der Waals surface area contributed by atoms with E-state index >= 15 is 0 Å². The molecule has 2 aromatic carbocycles. The van der Waals surface area contributed by atoms with E-state index < -0.39 is 0 Å². The summed E-state index contributed by atoms with van der Waals surface area (Å²) < 4.78 is 2.01. The summed E-state index contributed by atoms with van der Waals surface area (Å²) in [4.78, 5) is 27.4. The van der Waals surface area contributed by atoms with Crippen LogP contribution in [0.3, 0.4) is 0 Å². The summed E-state index contributed by atoms with van der Waals surface area (Å²) in [6.07, 6.45) is 2.64. The second kappa shape index (κ2) is 9.50. The molecular formula is C25H19Br2ClN4O. The number of nitrogens with zero attached hydrogens (tertiary/aromatic N) is 3. The highest BCUT2D eigenvalue weighted by molar-refractivity contribution is 9.11. The number of halogens is 3. The molecule has 1 N–H and O–H groups in total. The maximum absolute atomic E-state index is 12.8. The van der Waals surface area contributed by atoms with Gasteiger partial charge in [0.25, 0.3) is 5.56 Å². The number of hydrogen-bond donors (Lipinski definition) is 1. The van der Waals surface area contributed by atoms with Crippen molar-refractivity contribution in [3.63, 3.8) is 0 Å². The molecule has 2 aromatic heterocycles. The number of benzene rings is 2. The lowest BCUT2D eigenvalue weighted by molar-refractivity contribution is 0.241. The monoisotopic (exact) mass is 584 g/mol. The zero-order chi connectivity index (χ0) is 22.9. The van der Waals surface area contributed by atoms with E-state index in [-0.39, 0.29) is 5.56 Å². The van der Waals surface area contributed by atoms with Crippen LogP contribution in [0.2, 0.25) is 5.02 Å². The molecule has 1 aliphatic rings. The minimum Gasteiger partial charge on any atom is -0.306 e. The summed E-state index contributed by atoms with van der Waals surface area (Å²) in [7, 11) is 0. The van der Waals surface area contributed by atoms with Crippen molar-refractivity contribution in [1.29, 1.82) is 0 Å². The standard InChI is InChI=1S/C25H19Br2ClN4O/c26-18-9-17(10-19(27)11-18)22-6-1-15(12-29-22)13-32-8-7-23-21(14-32)25(33)31-24(30-23)16-2-4-20(28)5-3-16/h1-6,9-12H,7-8,13-14H2,(H,30,31,33). The first-order chi connectivity index (χ1) is 15.9. The smallest absolute Gasteiger partial charge is 0.255 e. The Morgan fingerprint density at radius 2 is 1.76 bits per heavy atom. The molecule has 4 aromatic rings. The highest BCUT2D eigenvalue weighted by Crippen LogP contribution is 2.27. The third kappa shape index (κ3) is 5.11. The zero-order valence-electron chi connectivity index (χ0n) is 17.5. The summed E-state index contributed by atoms with van der Waals surface area (Å²) >= 11 is 13.0. The van der Waals surface area contributed by atoms with Crippen LogP contribution in [0.25, 0.3) is 22.6 Å². The van der Waals surface area contributed by atoms with E-state index in [0.717, 1.165) is 62.1 Å². The lowest BCUT2D eigenvalue weighted by Crippen LogP contribution is -2.35. The maximum Gasteiger partial charge on any atom is 0.255 e. The number of aromatic nitrogens is 3. The van der Waals surface area contributed by atoms with Crippen molar-refractivity contribution >= 4 is 43.5 Å². The maximum atomic E-state index is 12.8. The first-order valence-electron chi connectivity index (χ1n) is 10.5. The minimum atomic E-state index is -0.0802. The second-order valence-electron chi connectivity index (χ2n) is 8.02. The van der Waals surface area contributed by atoms with E-state index in [9.17, 15) is 4.79 Å². The van der Waals surface area contributed by atoms with Gasteiger partial charge in [0.15, 0.2) is 0 Å². The van der Waals surface area contributed by atoms with Crippen LogP contribution in [0.5, 0.6) is 0 Å². The van der Waals surface area contributed by atoms with Gasteiger partial charge in [0, 0.05) is 57.3 Å². The number of nitrogens with one attached hydrogen (secondary N) is 1. The molecule has 0 atom stereocenters. The van der Waals surface area contributed by atoms with Crippen LogP contribution in [0.4, 0.5) is 0 Å². The molecule has 0 spiro atoms. The molecular weight excluding hydrogens is 568 g/mol. The molecule has 0 unspecified atom stereocenters. The molecule has 0 fully saturated rings. The Morgan fingerprint density at radius 3 is 2.45 bits per heavy atom. The molecule has 0 amide bonds. The van der Waals surface area contributed by atoms with Gasteiger partial charge in [0.2, 0.25) is 0 Å². The van der Waals surface area contributed by atoms with Crippen molar-refractivity contribution in [2.75, 3.05) is 6.54 Å². The van der Waals surface area contributed by atoms with Crippen molar-refractivity contribution in [2.24, 2.45) is 0 Å². The van der Waals surface area contributed by atoms with E-state index in [1.807, 2.05) is 42.6 Å². The fraction of sp³-hybridized carbons (Fsp3) is 0.160. The molecule has 0 aliphatic carbocycles. The number of pyridine rings is 1. The second-order valence-corrected chi connectivity index (χ2v) is 10.3.